The number of esters is 1. The van der Waals surface area contributed by atoms with Gasteiger partial charge in [0, 0.05) is 5.69 Å². The summed E-state index contributed by atoms with van der Waals surface area (Å²) >= 11 is 0. The predicted molar refractivity (Wildman–Crippen MR) is 112 cm³/mol. The molecule has 4 aromatic rings. The van der Waals surface area contributed by atoms with Crippen LogP contribution in [-0.4, -0.2) is 15.9 Å². The van der Waals surface area contributed by atoms with Crippen molar-refractivity contribution in [2.45, 2.75) is 13.0 Å². The van der Waals surface area contributed by atoms with Crippen molar-refractivity contribution in [3.05, 3.63) is 101 Å². The first-order valence-electron chi connectivity index (χ1n) is 9.23. The number of rotatable bonds is 5. The third-order valence-corrected chi connectivity index (χ3v) is 4.50. The van der Waals surface area contributed by atoms with Gasteiger partial charge in [-0.25, -0.2) is 9.78 Å². The second-order valence-corrected chi connectivity index (χ2v) is 6.55. The van der Waals surface area contributed by atoms with Crippen molar-refractivity contribution in [3.8, 4) is 0 Å². The van der Waals surface area contributed by atoms with E-state index < -0.39 is 12.1 Å². The van der Waals surface area contributed by atoms with E-state index in [4.69, 9.17) is 4.74 Å². The normalized spacial score (nSPS) is 11.8. The molecule has 29 heavy (non-hydrogen) atoms. The van der Waals surface area contributed by atoms with Gasteiger partial charge < -0.3 is 15.0 Å². The Balaban J connectivity index is 1.58. The van der Waals surface area contributed by atoms with E-state index in [9.17, 15) is 9.59 Å². The van der Waals surface area contributed by atoms with Crippen LogP contribution in [0.1, 0.15) is 29.2 Å². The van der Waals surface area contributed by atoms with Crippen LogP contribution in [0.15, 0.2) is 83.7 Å². The highest BCUT2D eigenvalue weighted by atomic mass is 16.5. The van der Waals surface area contributed by atoms with Gasteiger partial charge in [-0.05, 0) is 43.3 Å². The first-order valence-corrected chi connectivity index (χ1v) is 9.23. The number of carbonyl (C=O) groups excluding carboxylic acids is 1. The van der Waals surface area contributed by atoms with Crippen LogP contribution in [0, 0.1) is 0 Å². The Morgan fingerprint density at radius 3 is 2.48 bits per heavy atom. The highest BCUT2D eigenvalue weighted by Crippen LogP contribution is 2.24. The molecule has 0 spiro atoms. The number of hydrogen-bond donors (Lipinski definition) is 2. The van der Waals surface area contributed by atoms with E-state index in [0.29, 0.717) is 28.0 Å². The molecule has 0 amide bonds. The summed E-state index contributed by atoms with van der Waals surface area (Å²) in [5, 5.41) is 3.72. The van der Waals surface area contributed by atoms with Crippen LogP contribution in [0.2, 0.25) is 0 Å². The number of carbonyl (C=O) groups is 1. The van der Waals surface area contributed by atoms with Crippen LogP contribution in [0.25, 0.3) is 10.9 Å². The van der Waals surface area contributed by atoms with E-state index in [1.807, 2.05) is 42.5 Å². The highest BCUT2D eigenvalue weighted by molar-refractivity contribution is 5.96. The second-order valence-electron chi connectivity index (χ2n) is 6.55. The third-order valence-electron chi connectivity index (χ3n) is 4.50. The Bertz CT molecular complexity index is 1220. The summed E-state index contributed by atoms with van der Waals surface area (Å²) in [5.41, 5.74) is 2.18. The lowest BCUT2D eigenvalue weighted by Crippen LogP contribution is -2.18. The lowest BCUT2D eigenvalue weighted by molar-refractivity contribution is 0.0321. The molecule has 6 nitrogen and oxygen atoms in total. The van der Waals surface area contributed by atoms with Crippen molar-refractivity contribution in [3.63, 3.8) is 0 Å². The average molecular weight is 385 g/mol. The van der Waals surface area contributed by atoms with E-state index in [-0.39, 0.29) is 5.56 Å². The number of ether oxygens (including phenoxy) is 1. The second kappa shape index (κ2) is 7.98. The van der Waals surface area contributed by atoms with Crippen LogP contribution in [0.4, 0.5) is 11.4 Å². The van der Waals surface area contributed by atoms with Gasteiger partial charge in [0.05, 0.1) is 22.2 Å². The number of H-pyrrole nitrogens is 1. The molecule has 2 N–H and O–H groups in total. The van der Waals surface area contributed by atoms with Crippen LogP contribution in [0.5, 0.6) is 0 Å². The summed E-state index contributed by atoms with van der Waals surface area (Å²) in [6, 6.07) is 23.7. The molecule has 0 unspecified atom stereocenters. The Hall–Kier alpha value is -3.93. The molecule has 1 atom stereocenters. The average Bonchev–Trinajstić information content (AvgIpc) is 2.75. The molecule has 4 rings (SSSR count). The fourth-order valence-corrected chi connectivity index (χ4v) is 3.02. The van der Waals surface area contributed by atoms with Crippen LogP contribution in [0.3, 0.4) is 0 Å². The number of para-hydroxylation sites is 3. The number of aromatic amines is 1. The van der Waals surface area contributed by atoms with Gasteiger partial charge in [-0.1, -0.05) is 42.5 Å². The van der Waals surface area contributed by atoms with Crippen LogP contribution < -0.4 is 10.9 Å². The largest absolute Gasteiger partial charge is 0.451 e. The molecule has 3 aromatic carbocycles. The highest BCUT2D eigenvalue weighted by Gasteiger charge is 2.19. The van der Waals surface area contributed by atoms with E-state index in [0.717, 1.165) is 5.69 Å². The van der Waals surface area contributed by atoms with Crippen molar-refractivity contribution in [1.29, 1.82) is 0 Å². The zero-order valence-electron chi connectivity index (χ0n) is 15.8. The molecule has 0 aliphatic heterocycles. The molecule has 0 fully saturated rings. The maximum Gasteiger partial charge on any atom is 0.340 e. The number of benzene rings is 3. The molecule has 0 aliphatic rings. The lowest BCUT2D eigenvalue weighted by atomic mass is 10.1. The molecule has 0 saturated heterocycles. The first-order chi connectivity index (χ1) is 14.1. The topological polar surface area (TPSA) is 84.1 Å². The fourth-order valence-electron chi connectivity index (χ4n) is 3.02. The van der Waals surface area contributed by atoms with Gasteiger partial charge in [0.2, 0.25) is 0 Å². The predicted octanol–water partition coefficient (Wildman–Crippen LogP) is 4.58. The van der Waals surface area contributed by atoms with Crippen molar-refractivity contribution in [1.82, 2.24) is 9.97 Å². The van der Waals surface area contributed by atoms with Gasteiger partial charge in [0.1, 0.15) is 0 Å². The molecule has 144 valence electrons. The minimum Gasteiger partial charge on any atom is -0.451 e. The number of nitrogens with zero attached hydrogens (tertiary/aromatic N) is 1. The van der Waals surface area contributed by atoms with E-state index in [2.05, 4.69) is 15.3 Å². The molecule has 1 aromatic heterocycles. The summed E-state index contributed by atoms with van der Waals surface area (Å²) in [4.78, 5) is 32.2. The van der Waals surface area contributed by atoms with Crippen LogP contribution in [-0.2, 0) is 4.74 Å². The number of anilines is 2. The minimum absolute atomic E-state index is 0.264. The van der Waals surface area contributed by atoms with Gasteiger partial charge in [-0.15, -0.1) is 0 Å². The van der Waals surface area contributed by atoms with Gasteiger partial charge in [0.25, 0.3) is 5.56 Å². The maximum absolute atomic E-state index is 12.8. The standard InChI is InChI=1S/C23H19N3O3/c1-15(21-25-19-13-7-5-11-17(19)22(27)26-21)29-23(28)18-12-6-8-14-20(18)24-16-9-3-2-4-10-16/h2-15,24H,1H3,(H,25,26,27)/t15-/m1/s1. The quantitative estimate of drug-likeness (QED) is 0.491. The first kappa shape index (κ1) is 18.4. The molecule has 0 aliphatic carbocycles. The minimum atomic E-state index is -0.718. The lowest BCUT2D eigenvalue weighted by Gasteiger charge is -2.15. The smallest absolute Gasteiger partial charge is 0.340 e. The van der Waals surface area contributed by atoms with E-state index in [1.165, 1.54) is 0 Å². The molecule has 0 radical (unpaired) electrons. The summed E-state index contributed by atoms with van der Waals surface area (Å²) in [5.74, 6) is -0.206. The number of nitrogens with one attached hydrogen (secondary N) is 2. The number of hydrogen-bond acceptors (Lipinski definition) is 5. The van der Waals surface area contributed by atoms with Crippen molar-refractivity contribution >= 4 is 28.2 Å². The van der Waals surface area contributed by atoms with Gasteiger partial charge in [0.15, 0.2) is 11.9 Å². The zero-order chi connectivity index (χ0) is 20.2. The van der Waals surface area contributed by atoms with Crippen molar-refractivity contribution in [2.75, 3.05) is 5.32 Å². The van der Waals surface area contributed by atoms with Gasteiger partial charge in [-0.2, -0.15) is 0 Å². The third kappa shape index (κ3) is 4.01. The Labute approximate surface area is 167 Å². The maximum atomic E-state index is 12.8. The Kier molecular flexibility index (Phi) is 5.07. The zero-order valence-corrected chi connectivity index (χ0v) is 15.8. The molecule has 1 heterocycles. The monoisotopic (exact) mass is 385 g/mol. The van der Waals surface area contributed by atoms with Gasteiger partial charge >= 0.3 is 5.97 Å². The van der Waals surface area contributed by atoms with E-state index >= 15 is 0 Å². The number of fused-ring (bicyclic) bond motifs is 1. The van der Waals surface area contributed by atoms with Crippen molar-refractivity contribution < 1.29 is 9.53 Å². The van der Waals surface area contributed by atoms with Crippen LogP contribution >= 0.6 is 0 Å². The molecule has 0 saturated carbocycles. The Morgan fingerprint density at radius 2 is 1.66 bits per heavy atom. The molecule has 6 heteroatoms. The molecule has 0 bridgehead atoms. The summed E-state index contributed by atoms with van der Waals surface area (Å²) in [6.07, 6.45) is -0.718. The summed E-state index contributed by atoms with van der Waals surface area (Å²) in [6.45, 7) is 1.68. The summed E-state index contributed by atoms with van der Waals surface area (Å²) < 4.78 is 5.59. The summed E-state index contributed by atoms with van der Waals surface area (Å²) in [7, 11) is 0. The number of aromatic nitrogens is 2. The SMILES string of the molecule is C[C@@H](OC(=O)c1ccccc1Nc1ccccc1)c1nc2ccccc2c(=O)[nH]1. The fraction of sp³-hybridized carbons (Fsp3) is 0.0870. The Morgan fingerprint density at radius 1 is 0.966 bits per heavy atom. The van der Waals surface area contributed by atoms with Crippen molar-refractivity contribution in [2.24, 2.45) is 0 Å². The van der Waals surface area contributed by atoms with Gasteiger partial charge in [-0.3, -0.25) is 4.79 Å². The molecular weight excluding hydrogens is 366 g/mol. The van der Waals surface area contributed by atoms with E-state index in [1.54, 1.807) is 43.3 Å². The molecular formula is C23H19N3O3.